The van der Waals surface area contributed by atoms with E-state index in [2.05, 4.69) is 10.6 Å². The van der Waals surface area contributed by atoms with E-state index in [1.807, 2.05) is 0 Å². The molecule has 1 aromatic rings. The number of carbonyl (C=O) groups is 3. The molecule has 8 heteroatoms. The van der Waals surface area contributed by atoms with Crippen molar-refractivity contribution < 1.29 is 23.9 Å². The molecule has 1 atom stereocenters. The van der Waals surface area contributed by atoms with E-state index < -0.39 is 34.8 Å². The predicted octanol–water partition coefficient (Wildman–Crippen LogP) is 1.40. The SMILES string of the molecule is CC1(O)CCC(NC(=O)CN2C(=O)N[C@@](C)(c3ccc(F)cc3)C2=O)CC1. The van der Waals surface area contributed by atoms with Crippen LogP contribution >= 0.6 is 0 Å². The quantitative estimate of drug-likeness (QED) is 0.691. The van der Waals surface area contributed by atoms with Crippen molar-refractivity contribution in [1.82, 2.24) is 15.5 Å². The largest absolute Gasteiger partial charge is 0.390 e. The second-order valence-corrected chi connectivity index (χ2v) is 7.79. The molecule has 27 heavy (non-hydrogen) atoms. The summed E-state index contributed by atoms with van der Waals surface area (Å²) >= 11 is 0. The first-order valence-electron chi connectivity index (χ1n) is 9.03. The topological polar surface area (TPSA) is 98.7 Å². The van der Waals surface area contributed by atoms with Gasteiger partial charge in [-0.2, -0.15) is 0 Å². The van der Waals surface area contributed by atoms with Crippen LogP contribution in [0, 0.1) is 5.82 Å². The molecule has 3 N–H and O–H groups in total. The van der Waals surface area contributed by atoms with E-state index in [0.29, 0.717) is 31.2 Å². The van der Waals surface area contributed by atoms with Gasteiger partial charge in [-0.25, -0.2) is 9.18 Å². The van der Waals surface area contributed by atoms with Crippen LogP contribution in [0.2, 0.25) is 0 Å². The Hall–Kier alpha value is -2.48. The number of urea groups is 1. The summed E-state index contributed by atoms with van der Waals surface area (Å²) in [4.78, 5) is 38.2. The van der Waals surface area contributed by atoms with Crippen LogP contribution in [0.15, 0.2) is 24.3 Å². The molecule has 1 saturated carbocycles. The van der Waals surface area contributed by atoms with Gasteiger partial charge in [0.1, 0.15) is 17.9 Å². The van der Waals surface area contributed by atoms with Crippen molar-refractivity contribution in [3.8, 4) is 0 Å². The fourth-order valence-electron chi connectivity index (χ4n) is 3.62. The normalized spacial score (nSPS) is 31.0. The number of carbonyl (C=O) groups excluding carboxylic acids is 3. The summed E-state index contributed by atoms with van der Waals surface area (Å²) in [6.45, 7) is 2.92. The molecular formula is C19H24FN3O4. The Morgan fingerprint density at radius 1 is 1.26 bits per heavy atom. The van der Waals surface area contributed by atoms with Gasteiger partial charge in [-0.15, -0.1) is 0 Å². The minimum Gasteiger partial charge on any atom is -0.390 e. The molecule has 2 aliphatic rings. The van der Waals surface area contributed by atoms with Gasteiger partial charge in [0, 0.05) is 6.04 Å². The molecule has 2 fully saturated rings. The van der Waals surface area contributed by atoms with E-state index in [0.717, 1.165) is 4.90 Å². The van der Waals surface area contributed by atoms with Gasteiger partial charge < -0.3 is 15.7 Å². The van der Waals surface area contributed by atoms with Crippen molar-refractivity contribution in [3.05, 3.63) is 35.6 Å². The van der Waals surface area contributed by atoms with Gasteiger partial charge in [0.2, 0.25) is 5.91 Å². The number of hydrogen-bond acceptors (Lipinski definition) is 4. The van der Waals surface area contributed by atoms with Crippen LogP contribution in [-0.2, 0) is 15.1 Å². The summed E-state index contributed by atoms with van der Waals surface area (Å²) in [6.07, 6.45) is 2.46. The van der Waals surface area contributed by atoms with E-state index in [4.69, 9.17) is 0 Å². The summed E-state index contributed by atoms with van der Waals surface area (Å²) in [7, 11) is 0. The Balaban J connectivity index is 1.63. The van der Waals surface area contributed by atoms with Crippen LogP contribution in [0.4, 0.5) is 9.18 Å². The van der Waals surface area contributed by atoms with Crippen LogP contribution in [-0.4, -0.2) is 46.0 Å². The van der Waals surface area contributed by atoms with E-state index in [9.17, 15) is 23.9 Å². The van der Waals surface area contributed by atoms with Crippen molar-refractivity contribution in [2.45, 2.75) is 56.7 Å². The molecule has 4 amide bonds. The molecule has 3 rings (SSSR count). The first-order valence-corrected chi connectivity index (χ1v) is 9.03. The van der Waals surface area contributed by atoms with E-state index >= 15 is 0 Å². The zero-order chi connectivity index (χ0) is 19.8. The van der Waals surface area contributed by atoms with Crippen LogP contribution in [0.1, 0.15) is 45.1 Å². The maximum atomic E-state index is 13.1. The van der Waals surface area contributed by atoms with Gasteiger partial charge >= 0.3 is 6.03 Å². The highest BCUT2D eigenvalue weighted by atomic mass is 19.1. The molecule has 0 spiro atoms. The van der Waals surface area contributed by atoms with Crippen LogP contribution in [0.5, 0.6) is 0 Å². The average molecular weight is 377 g/mol. The fraction of sp³-hybridized carbons (Fsp3) is 0.526. The third-order valence-corrected chi connectivity index (χ3v) is 5.43. The molecule has 1 heterocycles. The Morgan fingerprint density at radius 3 is 2.44 bits per heavy atom. The van der Waals surface area contributed by atoms with Crippen molar-refractivity contribution >= 4 is 17.8 Å². The second kappa shape index (κ2) is 6.92. The summed E-state index contributed by atoms with van der Waals surface area (Å²) in [5.74, 6) is -1.42. The Labute approximate surface area is 156 Å². The summed E-state index contributed by atoms with van der Waals surface area (Å²) in [5, 5.41) is 15.4. The Kier molecular flexibility index (Phi) is 4.94. The molecule has 0 unspecified atom stereocenters. The number of nitrogens with zero attached hydrogens (tertiary/aromatic N) is 1. The average Bonchev–Trinajstić information content (AvgIpc) is 2.81. The van der Waals surface area contributed by atoms with Gasteiger partial charge in [0.15, 0.2) is 0 Å². The zero-order valence-electron chi connectivity index (χ0n) is 15.4. The van der Waals surface area contributed by atoms with Crippen LogP contribution in [0.25, 0.3) is 0 Å². The molecule has 0 aromatic heterocycles. The standard InChI is InChI=1S/C19H24FN3O4/c1-18(27)9-7-14(8-10-18)21-15(24)11-23-16(25)19(2,22-17(23)26)12-3-5-13(20)6-4-12/h3-6,14,27H,7-11H2,1-2H3,(H,21,24)(H,22,26)/t14?,18?,19-/m0/s1. The van der Waals surface area contributed by atoms with Crippen molar-refractivity contribution in [1.29, 1.82) is 0 Å². The molecule has 0 radical (unpaired) electrons. The van der Waals surface area contributed by atoms with Crippen LogP contribution in [0.3, 0.4) is 0 Å². The van der Waals surface area contributed by atoms with Crippen molar-refractivity contribution in [2.75, 3.05) is 6.54 Å². The molecule has 1 aromatic carbocycles. The van der Waals surface area contributed by atoms with E-state index in [-0.39, 0.29) is 12.6 Å². The number of hydrogen-bond donors (Lipinski definition) is 3. The molecule has 0 bridgehead atoms. The van der Waals surface area contributed by atoms with E-state index in [1.165, 1.54) is 31.2 Å². The highest BCUT2D eigenvalue weighted by Gasteiger charge is 2.49. The number of aliphatic hydroxyl groups is 1. The highest BCUT2D eigenvalue weighted by molar-refractivity contribution is 6.09. The van der Waals surface area contributed by atoms with Gasteiger partial charge in [0.05, 0.1) is 5.60 Å². The predicted molar refractivity (Wildman–Crippen MR) is 95.0 cm³/mol. The Morgan fingerprint density at radius 2 is 1.85 bits per heavy atom. The van der Waals surface area contributed by atoms with Gasteiger partial charge in [0.25, 0.3) is 5.91 Å². The smallest absolute Gasteiger partial charge is 0.325 e. The lowest BCUT2D eigenvalue weighted by atomic mass is 9.83. The molecule has 7 nitrogen and oxygen atoms in total. The fourth-order valence-corrected chi connectivity index (χ4v) is 3.62. The minimum absolute atomic E-state index is 0.0815. The number of rotatable bonds is 4. The maximum Gasteiger partial charge on any atom is 0.325 e. The number of halogens is 1. The van der Waals surface area contributed by atoms with Crippen molar-refractivity contribution in [2.24, 2.45) is 0 Å². The first kappa shape index (κ1) is 19.3. The molecule has 1 aliphatic carbocycles. The number of benzene rings is 1. The number of imide groups is 1. The Bertz CT molecular complexity index is 755. The summed E-state index contributed by atoms with van der Waals surface area (Å²) < 4.78 is 13.1. The number of amides is 4. The summed E-state index contributed by atoms with van der Waals surface area (Å²) in [6, 6.07) is 4.56. The minimum atomic E-state index is -1.34. The lowest BCUT2D eigenvalue weighted by molar-refractivity contribution is -0.135. The second-order valence-electron chi connectivity index (χ2n) is 7.79. The van der Waals surface area contributed by atoms with Crippen molar-refractivity contribution in [3.63, 3.8) is 0 Å². The highest BCUT2D eigenvalue weighted by Crippen LogP contribution is 2.29. The molecule has 146 valence electrons. The molecular weight excluding hydrogens is 353 g/mol. The third-order valence-electron chi connectivity index (χ3n) is 5.43. The van der Waals surface area contributed by atoms with Gasteiger partial charge in [-0.3, -0.25) is 14.5 Å². The lowest BCUT2D eigenvalue weighted by Gasteiger charge is -2.33. The third kappa shape index (κ3) is 3.95. The monoisotopic (exact) mass is 377 g/mol. The van der Waals surface area contributed by atoms with E-state index in [1.54, 1.807) is 6.92 Å². The number of nitrogens with one attached hydrogen (secondary N) is 2. The first-order chi connectivity index (χ1) is 12.6. The van der Waals surface area contributed by atoms with Crippen LogP contribution < -0.4 is 10.6 Å². The van der Waals surface area contributed by atoms with Gasteiger partial charge in [-0.1, -0.05) is 12.1 Å². The molecule has 1 aliphatic heterocycles. The zero-order valence-corrected chi connectivity index (χ0v) is 15.4. The maximum absolute atomic E-state index is 13.1. The van der Waals surface area contributed by atoms with Gasteiger partial charge in [-0.05, 0) is 57.2 Å². The molecule has 1 saturated heterocycles. The lowest BCUT2D eigenvalue weighted by Crippen LogP contribution is -2.47. The summed E-state index contributed by atoms with van der Waals surface area (Å²) in [5.41, 5.74) is -1.60.